The Labute approximate surface area is 111 Å². The minimum atomic E-state index is 0.702. The Balaban J connectivity index is 1.45. The molecular weight excluding hydrogens is 228 g/mol. The van der Waals surface area contributed by atoms with E-state index in [0.717, 1.165) is 31.7 Å². The van der Waals surface area contributed by atoms with Crippen LogP contribution in [-0.2, 0) is 9.47 Å². The molecule has 0 atom stereocenters. The molecule has 1 aliphatic carbocycles. The number of nitrogens with zero attached hydrogens (tertiary/aromatic N) is 1. The molecule has 0 amide bonds. The lowest BCUT2D eigenvalue weighted by Gasteiger charge is -2.32. The van der Waals surface area contributed by atoms with E-state index >= 15 is 0 Å². The number of ether oxygens (including phenoxy) is 2. The average Bonchev–Trinajstić information content (AvgIpc) is 3.22. The van der Waals surface area contributed by atoms with E-state index in [9.17, 15) is 0 Å². The standard InChI is InChI=1S/C14H28N2O2/c1-17-10-11-18-9-8-16-6-4-14(5-7-16)15-12-13-2-3-13/h13-15H,2-12H2,1H3. The predicted molar refractivity (Wildman–Crippen MR) is 72.9 cm³/mol. The third-order valence-electron chi connectivity index (χ3n) is 3.96. The molecule has 4 heteroatoms. The van der Waals surface area contributed by atoms with Gasteiger partial charge in [0.05, 0.1) is 19.8 Å². The van der Waals surface area contributed by atoms with Gasteiger partial charge >= 0.3 is 0 Å². The summed E-state index contributed by atoms with van der Waals surface area (Å²) in [5.41, 5.74) is 0. The van der Waals surface area contributed by atoms with Crippen molar-refractivity contribution in [3.8, 4) is 0 Å². The van der Waals surface area contributed by atoms with Crippen LogP contribution < -0.4 is 5.32 Å². The molecule has 0 aromatic heterocycles. The van der Waals surface area contributed by atoms with Crippen molar-refractivity contribution in [2.45, 2.75) is 31.7 Å². The quantitative estimate of drug-likeness (QED) is 0.627. The van der Waals surface area contributed by atoms with Crippen LogP contribution >= 0.6 is 0 Å². The fourth-order valence-corrected chi connectivity index (χ4v) is 2.45. The number of piperidine rings is 1. The molecule has 0 aromatic carbocycles. The monoisotopic (exact) mass is 256 g/mol. The van der Waals surface area contributed by atoms with Crippen LogP contribution in [0.15, 0.2) is 0 Å². The molecule has 2 rings (SSSR count). The molecule has 2 fully saturated rings. The minimum Gasteiger partial charge on any atom is -0.382 e. The van der Waals surface area contributed by atoms with E-state index in [-0.39, 0.29) is 0 Å². The second-order valence-corrected chi connectivity index (χ2v) is 5.57. The molecule has 18 heavy (non-hydrogen) atoms. The summed E-state index contributed by atoms with van der Waals surface area (Å²) < 4.78 is 10.5. The van der Waals surface area contributed by atoms with E-state index in [2.05, 4.69) is 10.2 Å². The smallest absolute Gasteiger partial charge is 0.0700 e. The largest absolute Gasteiger partial charge is 0.382 e. The van der Waals surface area contributed by atoms with Crippen LogP contribution in [0.2, 0.25) is 0 Å². The zero-order valence-electron chi connectivity index (χ0n) is 11.7. The summed E-state index contributed by atoms with van der Waals surface area (Å²) >= 11 is 0. The summed E-state index contributed by atoms with van der Waals surface area (Å²) in [5, 5.41) is 3.71. The second-order valence-electron chi connectivity index (χ2n) is 5.57. The summed E-state index contributed by atoms with van der Waals surface area (Å²) in [6.07, 6.45) is 5.49. The van der Waals surface area contributed by atoms with Crippen molar-refractivity contribution in [1.82, 2.24) is 10.2 Å². The third-order valence-corrected chi connectivity index (χ3v) is 3.96. The van der Waals surface area contributed by atoms with Crippen molar-refractivity contribution < 1.29 is 9.47 Å². The first-order valence-electron chi connectivity index (χ1n) is 7.41. The van der Waals surface area contributed by atoms with Crippen LogP contribution in [-0.4, -0.2) is 64.1 Å². The summed E-state index contributed by atoms with van der Waals surface area (Å²) in [5.74, 6) is 0.997. The lowest BCUT2D eigenvalue weighted by Crippen LogP contribution is -2.44. The van der Waals surface area contributed by atoms with Gasteiger partial charge in [-0.05, 0) is 51.2 Å². The van der Waals surface area contributed by atoms with Gasteiger partial charge in [-0.25, -0.2) is 0 Å². The summed E-state index contributed by atoms with van der Waals surface area (Å²) in [7, 11) is 1.71. The maximum atomic E-state index is 5.51. The second kappa shape index (κ2) is 8.10. The first-order chi connectivity index (χ1) is 8.88. The van der Waals surface area contributed by atoms with Crippen molar-refractivity contribution in [1.29, 1.82) is 0 Å². The Kier molecular flexibility index (Phi) is 6.41. The third kappa shape index (κ3) is 5.65. The molecule has 1 N–H and O–H groups in total. The molecule has 1 heterocycles. The number of likely N-dealkylation sites (tertiary alicyclic amines) is 1. The molecular formula is C14H28N2O2. The predicted octanol–water partition coefficient (Wildman–Crippen LogP) is 1.11. The molecule has 2 aliphatic rings. The minimum absolute atomic E-state index is 0.702. The van der Waals surface area contributed by atoms with Crippen molar-refractivity contribution in [3.05, 3.63) is 0 Å². The van der Waals surface area contributed by atoms with Gasteiger partial charge in [-0.2, -0.15) is 0 Å². The van der Waals surface area contributed by atoms with Crippen LogP contribution in [0.5, 0.6) is 0 Å². The number of hydrogen-bond acceptors (Lipinski definition) is 4. The van der Waals surface area contributed by atoms with Gasteiger partial charge in [0.2, 0.25) is 0 Å². The fourth-order valence-electron chi connectivity index (χ4n) is 2.45. The van der Waals surface area contributed by atoms with Gasteiger partial charge in [-0.15, -0.1) is 0 Å². The lowest BCUT2D eigenvalue weighted by molar-refractivity contribution is 0.0524. The molecule has 0 bridgehead atoms. The van der Waals surface area contributed by atoms with E-state index in [4.69, 9.17) is 9.47 Å². The van der Waals surface area contributed by atoms with Gasteiger partial charge in [0.1, 0.15) is 0 Å². The lowest BCUT2D eigenvalue weighted by atomic mass is 10.1. The Morgan fingerprint density at radius 2 is 1.83 bits per heavy atom. The van der Waals surface area contributed by atoms with Crippen LogP contribution in [0.4, 0.5) is 0 Å². The number of hydrogen-bond donors (Lipinski definition) is 1. The van der Waals surface area contributed by atoms with Crippen LogP contribution in [0, 0.1) is 5.92 Å². The van der Waals surface area contributed by atoms with Gasteiger partial charge in [0.15, 0.2) is 0 Å². The first-order valence-corrected chi connectivity index (χ1v) is 7.41. The number of nitrogens with one attached hydrogen (secondary N) is 1. The van der Waals surface area contributed by atoms with Gasteiger partial charge < -0.3 is 19.7 Å². The first kappa shape index (κ1) is 14.3. The van der Waals surface area contributed by atoms with E-state index in [1.54, 1.807) is 7.11 Å². The molecule has 0 unspecified atom stereocenters. The van der Waals surface area contributed by atoms with Crippen molar-refractivity contribution in [2.75, 3.05) is 53.1 Å². The molecule has 0 spiro atoms. The van der Waals surface area contributed by atoms with Crippen LogP contribution in [0.1, 0.15) is 25.7 Å². The maximum absolute atomic E-state index is 5.51. The fraction of sp³-hybridized carbons (Fsp3) is 1.00. The molecule has 1 aliphatic heterocycles. The highest BCUT2D eigenvalue weighted by atomic mass is 16.5. The van der Waals surface area contributed by atoms with Crippen LogP contribution in [0.3, 0.4) is 0 Å². The van der Waals surface area contributed by atoms with Gasteiger partial charge in [-0.3, -0.25) is 0 Å². The Bertz CT molecular complexity index is 214. The SMILES string of the molecule is COCCOCCN1CCC(NCC2CC2)CC1. The molecule has 106 valence electrons. The highest BCUT2D eigenvalue weighted by Crippen LogP contribution is 2.28. The Hall–Kier alpha value is -0.160. The molecule has 1 saturated carbocycles. The highest BCUT2D eigenvalue weighted by molar-refractivity contribution is 4.81. The zero-order chi connectivity index (χ0) is 12.6. The molecule has 4 nitrogen and oxygen atoms in total. The average molecular weight is 256 g/mol. The van der Waals surface area contributed by atoms with Crippen molar-refractivity contribution in [3.63, 3.8) is 0 Å². The molecule has 1 saturated heterocycles. The number of methoxy groups -OCH3 is 1. The van der Waals surface area contributed by atoms with Gasteiger partial charge in [0.25, 0.3) is 0 Å². The summed E-state index contributed by atoms with van der Waals surface area (Å²) in [6.45, 7) is 7.02. The molecule has 0 aromatic rings. The van der Waals surface area contributed by atoms with E-state index in [0.29, 0.717) is 6.61 Å². The zero-order valence-corrected chi connectivity index (χ0v) is 11.7. The maximum Gasteiger partial charge on any atom is 0.0700 e. The van der Waals surface area contributed by atoms with Crippen molar-refractivity contribution >= 4 is 0 Å². The van der Waals surface area contributed by atoms with Crippen molar-refractivity contribution in [2.24, 2.45) is 5.92 Å². The number of rotatable bonds is 9. The Morgan fingerprint density at radius 3 is 2.50 bits per heavy atom. The highest BCUT2D eigenvalue weighted by Gasteiger charge is 2.24. The van der Waals surface area contributed by atoms with Gasteiger partial charge in [-0.1, -0.05) is 0 Å². The normalized spacial score (nSPS) is 22.5. The van der Waals surface area contributed by atoms with E-state index in [1.165, 1.54) is 45.3 Å². The summed E-state index contributed by atoms with van der Waals surface area (Å²) in [6, 6.07) is 0.760. The van der Waals surface area contributed by atoms with E-state index in [1.807, 2.05) is 0 Å². The summed E-state index contributed by atoms with van der Waals surface area (Å²) in [4.78, 5) is 2.52. The van der Waals surface area contributed by atoms with Gasteiger partial charge in [0, 0.05) is 19.7 Å². The Morgan fingerprint density at radius 1 is 1.06 bits per heavy atom. The van der Waals surface area contributed by atoms with E-state index < -0.39 is 0 Å². The topological polar surface area (TPSA) is 33.7 Å². The molecule has 0 radical (unpaired) electrons. The van der Waals surface area contributed by atoms with Crippen LogP contribution in [0.25, 0.3) is 0 Å².